The van der Waals surface area contributed by atoms with Gasteiger partial charge in [0.2, 0.25) is 0 Å². The van der Waals surface area contributed by atoms with Gasteiger partial charge in [0.1, 0.15) is 0 Å². The van der Waals surface area contributed by atoms with E-state index in [4.69, 9.17) is 4.55 Å². The van der Waals surface area contributed by atoms with Crippen LogP contribution in [0.2, 0.25) is 0 Å². The Morgan fingerprint density at radius 3 is 1.39 bits per heavy atom. The maximum absolute atomic E-state index is 9.33. The highest BCUT2D eigenvalue weighted by Gasteiger charge is 2.04. The zero-order valence-corrected chi connectivity index (χ0v) is 16.8. The third-order valence-corrected chi connectivity index (χ3v) is 3.81. The third kappa shape index (κ3) is 34.2. The van der Waals surface area contributed by atoms with Gasteiger partial charge in [-0.25, -0.2) is 0 Å². The van der Waals surface area contributed by atoms with E-state index in [1.165, 1.54) is 70.8 Å². The topological polar surface area (TPSA) is 98.6 Å². The minimum atomic E-state index is -4.16. The monoisotopic (exact) mass is 357 g/mol. The summed E-state index contributed by atoms with van der Waals surface area (Å²) in [5.41, 5.74) is 0. The summed E-state index contributed by atoms with van der Waals surface area (Å²) in [6.45, 7) is 3.62. The minimum Gasteiger partial charge on any atom is -0.344 e. The highest BCUT2D eigenvalue weighted by atomic mass is 32.3. The van der Waals surface area contributed by atoms with Crippen molar-refractivity contribution in [2.45, 2.75) is 71.1 Å². The molecule has 6 nitrogen and oxygen atoms in total. The summed E-state index contributed by atoms with van der Waals surface area (Å²) < 4.78 is 30.8. The second-order valence-corrected chi connectivity index (χ2v) is 7.98. The maximum Gasteiger partial charge on any atom is 0.397 e. The van der Waals surface area contributed by atoms with Crippen LogP contribution in [0.1, 0.15) is 71.1 Å². The molecule has 0 unspecified atom stereocenters. The molecule has 144 valence electrons. The summed E-state index contributed by atoms with van der Waals surface area (Å²) in [5, 5.41) is 0. The van der Waals surface area contributed by atoms with Crippen LogP contribution in [-0.4, -0.2) is 52.3 Å². The molecule has 0 heterocycles. The van der Waals surface area contributed by atoms with Crippen LogP contribution < -0.4 is 6.15 Å². The van der Waals surface area contributed by atoms with E-state index < -0.39 is 10.4 Å². The van der Waals surface area contributed by atoms with E-state index >= 15 is 0 Å². The molecule has 0 saturated carbocycles. The molecule has 0 radical (unpaired) electrons. The number of nitrogens with zero attached hydrogens (tertiary/aromatic N) is 1. The Bertz CT molecular complexity index is 327. The Kier molecular flexibility index (Phi) is 20.0. The van der Waals surface area contributed by atoms with Crippen molar-refractivity contribution in [3.05, 3.63) is 0 Å². The smallest absolute Gasteiger partial charge is 0.344 e. The van der Waals surface area contributed by atoms with Gasteiger partial charge in [0, 0.05) is 0 Å². The molecule has 4 N–H and O–H groups in total. The summed E-state index contributed by atoms with van der Waals surface area (Å²) in [6.07, 6.45) is 14.4. The van der Waals surface area contributed by atoms with E-state index in [2.05, 4.69) is 32.2 Å². The van der Waals surface area contributed by atoms with Gasteiger partial charge in [0.15, 0.2) is 0 Å². The van der Waals surface area contributed by atoms with Gasteiger partial charge in [-0.3, -0.25) is 8.74 Å². The molecule has 23 heavy (non-hydrogen) atoms. The van der Waals surface area contributed by atoms with Crippen molar-refractivity contribution in [3.8, 4) is 0 Å². The van der Waals surface area contributed by atoms with Gasteiger partial charge >= 0.3 is 10.4 Å². The van der Waals surface area contributed by atoms with Crippen LogP contribution in [0.15, 0.2) is 0 Å². The summed E-state index contributed by atoms with van der Waals surface area (Å²) >= 11 is 0. The van der Waals surface area contributed by atoms with Crippen molar-refractivity contribution >= 4 is 10.4 Å². The maximum atomic E-state index is 9.33. The van der Waals surface area contributed by atoms with Crippen LogP contribution in [0.25, 0.3) is 0 Å². The first kappa shape index (κ1) is 27.6. The number of unbranched alkanes of at least 4 members (excludes halogenated alkanes) is 9. The lowest BCUT2D eigenvalue weighted by Gasteiger charge is -2.23. The second kappa shape index (κ2) is 16.6. The quantitative estimate of drug-likeness (QED) is 0.310. The van der Waals surface area contributed by atoms with E-state index in [9.17, 15) is 8.42 Å². The molecule has 0 fully saturated rings. The Hall–Kier alpha value is -0.210. The third-order valence-electron chi connectivity index (χ3n) is 3.39. The largest absolute Gasteiger partial charge is 0.397 e. The fourth-order valence-corrected chi connectivity index (χ4v) is 2.07. The summed E-state index contributed by atoms with van der Waals surface area (Å²) in [6, 6.07) is 0. The van der Waals surface area contributed by atoms with E-state index in [-0.39, 0.29) is 6.15 Å². The molecule has 0 aromatic carbocycles. The van der Waals surface area contributed by atoms with Crippen molar-refractivity contribution in [2.75, 3.05) is 34.8 Å². The summed E-state index contributed by atoms with van der Waals surface area (Å²) in [5.74, 6) is 0. The van der Waals surface area contributed by atoms with Crippen molar-refractivity contribution in [1.82, 2.24) is 6.15 Å². The van der Waals surface area contributed by atoms with Gasteiger partial charge in [0.25, 0.3) is 0 Å². The molecule has 0 amide bonds. The number of rotatable bonds is 12. The molecule has 7 heteroatoms. The van der Waals surface area contributed by atoms with E-state index in [1.54, 1.807) is 0 Å². The van der Waals surface area contributed by atoms with Crippen molar-refractivity contribution in [3.63, 3.8) is 0 Å². The van der Waals surface area contributed by atoms with Gasteiger partial charge in [-0.15, -0.1) is 0 Å². The Morgan fingerprint density at radius 1 is 0.826 bits per heavy atom. The molecule has 0 aliphatic heterocycles. The van der Waals surface area contributed by atoms with Crippen LogP contribution >= 0.6 is 0 Å². The molecule has 0 rings (SSSR count). The Balaban J connectivity index is -0.000000487. The molecule has 0 atom stereocenters. The normalized spacial score (nSPS) is 11.4. The van der Waals surface area contributed by atoms with Crippen LogP contribution in [0, 0.1) is 0 Å². The Labute approximate surface area is 144 Å². The molecule has 0 aromatic heterocycles. The number of hydrogen-bond donors (Lipinski definition) is 2. The van der Waals surface area contributed by atoms with Crippen LogP contribution in [0.4, 0.5) is 0 Å². The van der Waals surface area contributed by atoms with Gasteiger partial charge < -0.3 is 10.6 Å². The average Bonchev–Trinajstić information content (AvgIpc) is 2.39. The van der Waals surface area contributed by atoms with Crippen LogP contribution in [0.5, 0.6) is 0 Å². The summed E-state index contributed by atoms with van der Waals surface area (Å²) in [4.78, 5) is 0. The highest BCUT2D eigenvalue weighted by Crippen LogP contribution is 2.10. The standard InChI is InChI=1S/C15H34N.CH4O4S.H3N/c1-5-6-7-8-9-10-11-12-13-14-15-16(2,3)4;1-5-6(2,3)4;/h5-15H2,1-4H3;1H3,(H,2,3,4);1H3/q+1;;. The zero-order chi connectivity index (χ0) is 17.5. The molecular weight excluding hydrogens is 316 g/mol. The minimum absolute atomic E-state index is 0. The predicted molar refractivity (Wildman–Crippen MR) is 98.3 cm³/mol. The lowest BCUT2D eigenvalue weighted by molar-refractivity contribution is -0.870. The second-order valence-electron chi connectivity index (χ2n) is 6.79. The molecule has 0 spiro atoms. The van der Waals surface area contributed by atoms with Gasteiger partial charge in [-0.1, -0.05) is 58.3 Å². The van der Waals surface area contributed by atoms with E-state index in [1.807, 2.05) is 0 Å². The number of quaternary nitrogens is 1. The molecule has 0 aromatic rings. The fourth-order valence-electron chi connectivity index (χ4n) is 2.07. The predicted octanol–water partition coefficient (Wildman–Crippen LogP) is 4.21. The molecule has 0 aliphatic rings. The molecular formula is C16H41N2O4S+. The van der Waals surface area contributed by atoms with Crippen molar-refractivity contribution in [1.29, 1.82) is 0 Å². The molecule has 0 aliphatic carbocycles. The van der Waals surface area contributed by atoms with E-state index in [0.29, 0.717) is 0 Å². The van der Waals surface area contributed by atoms with Gasteiger partial charge in [-0.2, -0.15) is 8.42 Å². The van der Waals surface area contributed by atoms with Crippen molar-refractivity contribution < 1.29 is 21.6 Å². The Morgan fingerprint density at radius 2 is 1.13 bits per heavy atom. The lowest BCUT2D eigenvalue weighted by atomic mass is 10.1. The van der Waals surface area contributed by atoms with E-state index in [0.717, 1.165) is 11.6 Å². The van der Waals surface area contributed by atoms with Crippen molar-refractivity contribution in [2.24, 2.45) is 0 Å². The highest BCUT2D eigenvalue weighted by molar-refractivity contribution is 7.80. The van der Waals surface area contributed by atoms with Gasteiger partial charge in [0.05, 0.1) is 34.8 Å². The first-order valence-electron chi connectivity index (χ1n) is 8.46. The van der Waals surface area contributed by atoms with Gasteiger partial charge in [-0.05, 0) is 12.8 Å². The molecule has 0 bridgehead atoms. The summed E-state index contributed by atoms with van der Waals surface area (Å²) in [7, 11) is 3.56. The van der Waals surface area contributed by atoms with Crippen LogP contribution in [-0.2, 0) is 14.6 Å². The first-order valence-corrected chi connectivity index (χ1v) is 9.82. The van der Waals surface area contributed by atoms with Crippen LogP contribution in [0.3, 0.4) is 0 Å². The first-order chi connectivity index (χ1) is 10.1. The molecule has 0 saturated heterocycles. The fraction of sp³-hybridized carbons (Fsp3) is 1.00. The zero-order valence-electron chi connectivity index (χ0n) is 16.0. The number of hydrogen-bond acceptors (Lipinski definition) is 4. The average molecular weight is 358 g/mol. The lowest BCUT2D eigenvalue weighted by Crippen LogP contribution is -2.35. The SMILES string of the molecule is CCCCCCCCCCCC[N+](C)(C)C.COS(=O)(=O)O.N.